The summed E-state index contributed by atoms with van der Waals surface area (Å²) in [6, 6.07) is 83.5. The minimum absolute atomic E-state index is 0.0345. The van der Waals surface area contributed by atoms with Gasteiger partial charge in [-0.1, -0.05) is 137 Å². The first-order valence-electron chi connectivity index (χ1n) is 31.8. The van der Waals surface area contributed by atoms with Crippen molar-refractivity contribution in [3.63, 3.8) is 0 Å². The van der Waals surface area contributed by atoms with E-state index in [1.165, 1.54) is 12.1 Å². The molecule has 0 aliphatic heterocycles. The summed E-state index contributed by atoms with van der Waals surface area (Å²) in [7, 11) is 0. The molecule has 0 amide bonds. The highest BCUT2D eigenvalue weighted by atomic mass is 19.3. The van der Waals surface area contributed by atoms with Gasteiger partial charge in [0, 0.05) is 55.3 Å². The number of phenolic OH excluding ortho intramolecular Hbond substituents is 1. The molecular formula is C86H67F3O10. The molecule has 0 spiro atoms. The van der Waals surface area contributed by atoms with Gasteiger partial charge in [0.25, 0.3) is 0 Å². The summed E-state index contributed by atoms with van der Waals surface area (Å²) in [6.07, 6.45) is -2.52. The van der Waals surface area contributed by atoms with Crippen molar-refractivity contribution in [3.05, 3.63) is 381 Å². The van der Waals surface area contributed by atoms with Crippen molar-refractivity contribution in [2.75, 3.05) is 0 Å². The number of benzene rings is 12. The first-order valence-corrected chi connectivity index (χ1v) is 31.8. The lowest BCUT2D eigenvalue weighted by Gasteiger charge is -2.26. The van der Waals surface area contributed by atoms with Crippen LogP contribution in [0.1, 0.15) is 125 Å². The molecule has 1 N–H and O–H groups in total. The largest absolute Gasteiger partial charge is 0.508 e. The molecule has 0 bridgehead atoms. The van der Waals surface area contributed by atoms with Crippen LogP contribution in [0.2, 0.25) is 0 Å². The normalized spacial score (nSPS) is 11.1. The zero-order valence-electron chi connectivity index (χ0n) is 55.0. The third-order valence-electron chi connectivity index (χ3n) is 16.8. The van der Waals surface area contributed by atoms with Crippen LogP contribution in [0, 0.1) is 13.8 Å². The maximum absolute atomic E-state index is 13.4. The van der Waals surface area contributed by atoms with Crippen molar-refractivity contribution in [3.8, 4) is 57.5 Å². The number of ether oxygens (including phenoxy) is 5. The van der Waals surface area contributed by atoms with E-state index < -0.39 is 17.5 Å². The van der Waals surface area contributed by atoms with Crippen molar-refractivity contribution in [1.29, 1.82) is 0 Å². The average molecular weight is 1320 g/mol. The Hall–Kier alpha value is -12.4. The topological polar surface area (TPSA) is 135 Å². The molecule has 12 aromatic carbocycles. The van der Waals surface area contributed by atoms with Crippen LogP contribution < -0.4 is 23.7 Å². The summed E-state index contributed by atoms with van der Waals surface area (Å²) in [5.41, 5.74) is 9.05. The molecule has 13 heteroatoms. The molecular weight excluding hydrogens is 1250 g/mol. The van der Waals surface area contributed by atoms with Gasteiger partial charge in [-0.25, -0.2) is 0 Å². The molecule has 12 aromatic rings. The molecule has 12 rings (SSSR count). The molecule has 0 fully saturated rings. The minimum Gasteiger partial charge on any atom is -0.508 e. The Morgan fingerprint density at radius 2 is 0.525 bits per heavy atom. The molecule has 0 atom stereocenters. The molecule has 0 saturated carbocycles. The molecule has 0 radical (unpaired) electrons. The second-order valence-electron chi connectivity index (χ2n) is 24.6. The van der Waals surface area contributed by atoms with E-state index in [2.05, 4.69) is 18.6 Å². The summed E-state index contributed by atoms with van der Waals surface area (Å²) in [5.74, 6) is 4.49. The van der Waals surface area contributed by atoms with Crippen molar-refractivity contribution in [2.24, 2.45) is 0 Å². The Bertz CT molecular complexity index is 4890. The van der Waals surface area contributed by atoms with E-state index >= 15 is 0 Å². The van der Waals surface area contributed by atoms with Crippen molar-refractivity contribution in [2.45, 2.75) is 52.4 Å². The third kappa shape index (κ3) is 17.0. The Labute approximate surface area is 572 Å². The number of aromatic hydroxyl groups is 1. The van der Waals surface area contributed by atoms with Crippen molar-refractivity contribution in [1.82, 2.24) is 0 Å². The van der Waals surface area contributed by atoms with E-state index in [9.17, 15) is 37.5 Å². The molecule has 99 heavy (non-hydrogen) atoms. The van der Waals surface area contributed by atoms with Gasteiger partial charge in [-0.2, -0.15) is 13.2 Å². The van der Waals surface area contributed by atoms with E-state index in [4.69, 9.17) is 18.9 Å². The molecule has 0 unspecified atom stereocenters. The Morgan fingerprint density at radius 1 is 0.283 bits per heavy atom. The first-order chi connectivity index (χ1) is 47.6. The number of phenols is 1. The lowest BCUT2D eigenvalue weighted by atomic mass is 9.78. The van der Waals surface area contributed by atoms with Crippen LogP contribution in [-0.2, 0) is 10.8 Å². The van der Waals surface area contributed by atoms with Gasteiger partial charge in [0.05, 0.1) is 0 Å². The number of hydrogen-bond donors (Lipinski definition) is 1. The highest BCUT2D eigenvalue weighted by Gasteiger charge is 2.26. The zero-order chi connectivity index (χ0) is 69.8. The van der Waals surface area contributed by atoms with E-state index in [1.54, 1.807) is 170 Å². The fourth-order valence-electron chi connectivity index (χ4n) is 11.0. The number of hydrogen-bond acceptors (Lipinski definition) is 10. The van der Waals surface area contributed by atoms with E-state index in [0.717, 1.165) is 39.1 Å². The first kappa shape index (κ1) is 68.0. The summed E-state index contributed by atoms with van der Waals surface area (Å²) in [5, 5.41) is 9.64. The molecule has 10 nitrogen and oxygen atoms in total. The highest BCUT2D eigenvalue weighted by Crippen LogP contribution is 2.37. The van der Waals surface area contributed by atoms with Gasteiger partial charge in [0.1, 0.15) is 57.5 Å². The summed E-state index contributed by atoms with van der Waals surface area (Å²) >= 11 is 0. The van der Waals surface area contributed by atoms with Crippen molar-refractivity contribution < 1.29 is 61.1 Å². The maximum atomic E-state index is 13.4. The Kier molecular flexibility index (Phi) is 20.7. The number of rotatable bonds is 22. The standard InChI is InChI=1S/C44H33F3O5.C42H34O5/c1-28-6-4-9-39(26-28)51-36-20-12-30(13-21-36)41(49)32-8-5-7-31(27-32)40(48)29-10-18-35(19-11-29)50-37-22-14-33(15-23-37)44(2,3)34-16-24-38(25-17-34)52-43(47)42(45)46;1-28-6-4-9-39(26-28)47-37-22-12-30(13-23-37)41(45)32-8-5-7-31(27-32)40(44)29-10-20-36(21-11-29)46-38-24-16-34(17-25-38)42(2,3)33-14-18-35(43)19-15-33/h4-27H,1-3H3;4-27,43H,1-3H3. The lowest BCUT2D eigenvalue weighted by Crippen LogP contribution is -2.18. The predicted octanol–water partition coefficient (Wildman–Crippen LogP) is 21.9. The van der Waals surface area contributed by atoms with Crippen LogP contribution in [0.3, 0.4) is 0 Å². The van der Waals surface area contributed by atoms with E-state index in [0.29, 0.717) is 84.8 Å². The minimum atomic E-state index is -2.52. The van der Waals surface area contributed by atoms with Gasteiger partial charge in [-0.05, 0) is 229 Å². The van der Waals surface area contributed by atoms with Gasteiger partial charge in [0.15, 0.2) is 23.1 Å². The van der Waals surface area contributed by atoms with Crippen LogP contribution in [-0.4, -0.2) is 28.2 Å². The van der Waals surface area contributed by atoms with Crippen LogP contribution in [0.5, 0.6) is 57.5 Å². The number of halogens is 3. The maximum Gasteiger partial charge on any atom is 0.344 e. The van der Waals surface area contributed by atoms with Gasteiger partial charge >= 0.3 is 12.1 Å². The van der Waals surface area contributed by atoms with Gasteiger partial charge in [-0.3, -0.25) is 19.2 Å². The van der Waals surface area contributed by atoms with Crippen LogP contribution in [0.25, 0.3) is 0 Å². The summed E-state index contributed by atoms with van der Waals surface area (Å²) in [6.45, 7) is 12.3. The fourth-order valence-corrected chi connectivity index (χ4v) is 11.0. The van der Waals surface area contributed by atoms with Crippen LogP contribution in [0.15, 0.2) is 303 Å². The molecule has 0 saturated heterocycles. The average Bonchev–Trinajstić information content (AvgIpc) is 0.817. The lowest BCUT2D eigenvalue weighted by molar-refractivity contribution is 0.102. The number of aryl methyl sites for hydroxylation is 2. The van der Waals surface area contributed by atoms with Gasteiger partial charge < -0.3 is 28.8 Å². The summed E-state index contributed by atoms with van der Waals surface area (Å²) < 4.78 is 66.3. The molecule has 0 heterocycles. The fraction of sp³-hybridized carbons (Fsp3) is 0.0930. The van der Waals surface area contributed by atoms with Crippen molar-refractivity contribution >= 4 is 23.1 Å². The van der Waals surface area contributed by atoms with Gasteiger partial charge in [-0.15, -0.1) is 0 Å². The molecule has 0 aliphatic carbocycles. The smallest absolute Gasteiger partial charge is 0.344 e. The number of ketones is 4. The monoisotopic (exact) mass is 1320 g/mol. The zero-order valence-corrected chi connectivity index (χ0v) is 55.0. The SMILES string of the molecule is Cc1cccc(Oc2ccc(C(=O)c3cccc(C(=O)c4ccc(Oc5ccc(C(C)(C)c6ccc(O)cc6)cc5)cc4)c3)cc2)c1.Cc1cccc(Oc2ccc(C(=O)c3cccc(C(=O)c4ccc(Oc5ccc(C(C)(C)c6ccc(OC(F)=C(F)F)cc6)cc5)cc4)c3)cc2)c1. The van der Waals surface area contributed by atoms with Crippen LogP contribution in [0.4, 0.5) is 13.2 Å². The van der Waals surface area contributed by atoms with Gasteiger partial charge in [0.2, 0.25) is 0 Å². The second-order valence-corrected chi connectivity index (χ2v) is 24.6. The predicted molar refractivity (Wildman–Crippen MR) is 378 cm³/mol. The molecule has 0 aromatic heterocycles. The third-order valence-corrected chi connectivity index (χ3v) is 16.8. The second kappa shape index (κ2) is 30.2. The number of carbonyl (C=O) groups is 4. The van der Waals surface area contributed by atoms with E-state index in [-0.39, 0.29) is 40.0 Å². The van der Waals surface area contributed by atoms with E-state index in [1.807, 2.05) is 137 Å². The Balaban J connectivity index is 0.000000201. The molecule has 0 aliphatic rings. The summed E-state index contributed by atoms with van der Waals surface area (Å²) in [4.78, 5) is 53.3. The Morgan fingerprint density at radius 3 is 0.798 bits per heavy atom. The highest BCUT2D eigenvalue weighted by molar-refractivity contribution is 6.14. The number of carbonyl (C=O) groups excluding carboxylic acids is 4. The molecule has 492 valence electrons. The quantitative estimate of drug-likeness (QED) is 0.0516. The van der Waals surface area contributed by atoms with Crippen LogP contribution >= 0.6 is 0 Å².